The van der Waals surface area contributed by atoms with Gasteiger partial charge < -0.3 is 79.5 Å². The van der Waals surface area contributed by atoms with Crippen LogP contribution in [0.1, 0.15) is 113 Å². The molecule has 22 atom stereocenters. The second-order valence-corrected chi connectivity index (χ2v) is 23.3. The minimum atomic E-state index is -1.83. The number of hydrogen-bond acceptors (Lipinski definition) is 18. The summed E-state index contributed by atoms with van der Waals surface area (Å²) >= 11 is 0. The number of fused-ring (bicyclic) bond motifs is 7. The zero-order valence-corrected chi connectivity index (χ0v) is 39.4. The minimum absolute atomic E-state index is 0.0642. The molecule has 3 saturated heterocycles. The van der Waals surface area contributed by atoms with Crippen molar-refractivity contribution in [1.29, 1.82) is 0 Å². The molecule has 7 fully saturated rings. The van der Waals surface area contributed by atoms with Gasteiger partial charge in [-0.15, -0.1) is 0 Å². The average molecular weight is 941 g/mol. The standard InChI is InChI=1S/C48H76O18/c1-43(2)14-16-48(42(60)66-40-36(58)34(56)31(53)25(20-50)62-40)17-15-46(6)22(23(48)18-43)8-9-28-45(5)12-11-29(44(3,4)27(45)10-13-47(28,46)7)64-41-37(59)38(32(54)26(21-51)63-41)65-39-35(57)33(55)30(52)24(19-49)61-39/h8,23-36,38-41,49-58H,9-21H2,1-7H3/t23-,24+,25+,26+,27-,28+,29-,30+,31+,32+,33-,34-,35+,36+,38-,39-,40-,41-,45-,46+,47+,48-/m0/s1. The number of hydrogen-bond donors (Lipinski definition) is 10. The number of aliphatic hydroxyl groups excluding tert-OH is 10. The molecule has 3 aliphatic heterocycles. The Morgan fingerprint density at radius 2 is 1.23 bits per heavy atom. The zero-order valence-electron chi connectivity index (χ0n) is 39.4. The highest BCUT2D eigenvalue weighted by molar-refractivity contribution is 5.87. The van der Waals surface area contributed by atoms with Crippen LogP contribution < -0.4 is 0 Å². The van der Waals surface area contributed by atoms with Crippen LogP contribution in [-0.4, -0.2) is 175 Å². The summed E-state index contributed by atoms with van der Waals surface area (Å²) in [4.78, 5) is 28.7. The van der Waals surface area contributed by atoms with Gasteiger partial charge in [0.05, 0.1) is 31.3 Å². The molecule has 0 aromatic heterocycles. The molecule has 18 heteroatoms. The van der Waals surface area contributed by atoms with Crippen LogP contribution in [0.25, 0.3) is 0 Å². The Morgan fingerprint density at radius 3 is 1.85 bits per heavy atom. The molecule has 4 saturated carbocycles. The molecule has 0 amide bonds. The van der Waals surface area contributed by atoms with Crippen molar-refractivity contribution in [3.05, 3.63) is 11.6 Å². The number of esters is 1. The lowest BCUT2D eigenvalue weighted by Crippen LogP contribution is -2.66. The summed E-state index contributed by atoms with van der Waals surface area (Å²) in [6, 6.07) is 0. The highest BCUT2D eigenvalue weighted by Gasteiger charge is 2.70. The molecule has 8 aliphatic rings. The molecule has 0 unspecified atom stereocenters. The normalized spacial score (nSPS) is 52.2. The largest absolute Gasteiger partial charge is 0.432 e. The van der Waals surface area contributed by atoms with Gasteiger partial charge in [0.2, 0.25) is 18.4 Å². The van der Waals surface area contributed by atoms with Gasteiger partial charge in [-0.05, 0) is 109 Å². The molecule has 376 valence electrons. The smallest absolute Gasteiger partial charge is 0.315 e. The van der Waals surface area contributed by atoms with E-state index < -0.39 is 135 Å². The van der Waals surface area contributed by atoms with Gasteiger partial charge in [-0.25, -0.2) is 0 Å². The Hall–Kier alpha value is -1.72. The van der Waals surface area contributed by atoms with Crippen LogP contribution in [0, 0.1) is 50.2 Å². The van der Waals surface area contributed by atoms with Crippen molar-refractivity contribution in [1.82, 2.24) is 0 Å². The van der Waals surface area contributed by atoms with E-state index in [9.17, 15) is 60.7 Å². The lowest BCUT2D eigenvalue weighted by atomic mass is 9.33. The lowest BCUT2D eigenvalue weighted by molar-refractivity contribution is -0.330. The van der Waals surface area contributed by atoms with Gasteiger partial charge >= 0.3 is 5.97 Å². The fraction of sp³-hybridized carbons (Fsp3) is 0.917. The van der Waals surface area contributed by atoms with E-state index in [4.69, 9.17) is 28.4 Å². The second kappa shape index (κ2) is 17.8. The topological polar surface area (TPSA) is 292 Å². The van der Waals surface area contributed by atoms with Gasteiger partial charge in [-0.2, -0.15) is 0 Å². The quantitative estimate of drug-likeness (QED) is 0.0848. The molecular weight excluding hydrogens is 865 g/mol. The third-order valence-corrected chi connectivity index (χ3v) is 19.2. The first kappa shape index (κ1) is 50.7. The maximum atomic E-state index is 14.7. The highest BCUT2D eigenvalue weighted by atomic mass is 16.7. The fourth-order valence-electron chi connectivity index (χ4n) is 14.9. The first-order chi connectivity index (χ1) is 30.9. The molecule has 66 heavy (non-hydrogen) atoms. The highest BCUT2D eigenvalue weighted by Crippen LogP contribution is 2.76. The van der Waals surface area contributed by atoms with Gasteiger partial charge in [0, 0.05) is 0 Å². The van der Waals surface area contributed by atoms with Gasteiger partial charge in [-0.1, -0.05) is 60.1 Å². The maximum Gasteiger partial charge on any atom is 0.315 e. The van der Waals surface area contributed by atoms with Crippen molar-refractivity contribution in [2.45, 2.75) is 205 Å². The van der Waals surface area contributed by atoms with Crippen molar-refractivity contribution in [2.24, 2.45) is 50.2 Å². The summed E-state index contributed by atoms with van der Waals surface area (Å²) in [5, 5.41) is 104. The molecule has 8 rings (SSSR count). The summed E-state index contributed by atoms with van der Waals surface area (Å²) in [5.74, 6) is -1.06. The van der Waals surface area contributed by atoms with E-state index in [2.05, 4.69) is 54.5 Å². The van der Waals surface area contributed by atoms with Gasteiger partial charge in [-0.3, -0.25) is 9.59 Å². The molecule has 5 aliphatic carbocycles. The summed E-state index contributed by atoms with van der Waals surface area (Å²) in [6.07, 6.45) is -13.0. The maximum absolute atomic E-state index is 14.7. The SMILES string of the molecule is CC1(C)CC[C@]2(C(=O)O[C@@H]3O[C@H](CO)[C@@H](O)[C@H](O)[C@H]3O)CC[C@]3(C)C(=CC[C@@H]4[C@@]5(C)CC[C@H](O[C@@H]6O[C@H](CO)[C@@H](O)[C@H](O[C@@H]7O[C@H](CO)[C@@H](O)[C@H](O)[C@H]7O)C6=O)C(C)(C)[C@@H]5CC[C@]43C)[C@@H]2C1. The number of carbonyl (C=O) groups is 2. The Bertz CT molecular complexity index is 1840. The molecule has 3 heterocycles. The molecule has 18 nitrogen and oxygen atoms in total. The summed E-state index contributed by atoms with van der Waals surface area (Å²) in [7, 11) is 0. The molecule has 0 aromatic carbocycles. The molecular formula is C48H76O18. The average Bonchev–Trinajstić information content (AvgIpc) is 3.26. The third kappa shape index (κ3) is 7.79. The van der Waals surface area contributed by atoms with Crippen LogP contribution in [0.4, 0.5) is 0 Å². The van der Waals surface area contributed by atoms with E-state index in [1.165, 1.54) is 5.57 Å². The van der Waals surface area contributed by atoms with Crippen LogP contribution in [-0.2, 0) is 38.0 Å². The first-order valence-electron chi connectivity index (χ1n) is 24.2. The molecule has 10 N–H and O–H groups in total. The van der Waals surface area contributed by atoms with E-state index in [1.54, 1.807) is 0 Å². The van der Waals surface area contributed by atoms with E-state index in [0.29, 0.717) is 19.3 Å². The Balaban J connectivity index is 1.02. The fourth-order valence-corrected chi connectivity index (χ4v) is 14.9. The predicted molar refractivity (Wildman–Crippen MR) is 229 cm³/mol. The van der Waals surface area contributed by atoms with Crippen molar-refractivity contribution in [3.63, 3.8) is 0 Å². The van der Waals surface area contributed by atoms with E-state index in [1.807, 2.05) is 0 Å². The Labute approximate surface area is 386 Å². The van der Waals surface area contributed by atoms with Crippen LogP contribution in [0.3, 0.4) is 0 Å². The van der Waals surface area contributed by atoms with Crippen LogP contribution in [0.2, 0.25) is 0 Å². The second-order valence-electron chi connectivity index (χ2n) is 23.3. The van der Waals surface area contributed by atoms with Crippen LogP contribution in [0.15, 0.2) is 11.6 Å². The molecule has 0 radical (unpaired) electrons. The van der Waals surface area contributed by atoms with Gasteiger partial charge in [0.1, 0.15) is 61.0 Å². The zero-order chi connectivity index (χ0) is 48.3. The number of ketones is 1. The Kier molecular flexibility index (Phi) is 13.7. The number of aliphatic hydroxyl groups is 10. The summed E-state index contributed by atoms with van der Waals surface area (Å²) < 4.78 is 35.4. The van der Waals surface area contributed by atoms with Crippen LogP contribution in [0.5, 0.6) is 0 Å². The van der Waals surface area contributed by atoms with Gasteiger partial charge in [0.25, 0.3) is 0 Å². The molecule has 0 spiro atoms. The van der Waals surface area contributed by atoms with Crippen molar-refractivity contribution in [3.8, 4) is 0 Å². The number of carbonyl (C=O) groups excluding carboxylic acids is 2. The number of Topliss-reactive ketones (excluding diaryl/α,β-unsaturated/α-hetero) is 1. The number of ether oxygens (including phenoxy) is 6. The molecule has 0 bridgehead atoms. The Morgan fingerprint density at radius 1 is 0.652 bits per heavy atom. The van der Waals surface area contributed by atoms with Gasteiger partial charge in [0.15, 0.2) is 12.4 Å². The van der Waals surface area contributed by atoms with E-state index in [0.717, 1.165) is 44.9 Å². The monoisotopic (exact) mass is 941 g/mol. The molecule has 0 aromatic rings. The lowest BCUT2D eigenvalue weighted by Gasteiger charge is -2.71. The predicted octanol–water partition coefficient (Wildman–Crippen LogP) is 0.349. The van der Waals surface area contributed by atoms with E-state index in [-0.39, 0.29) is 39.4 Å². The van der Waals surface area contributed by atoms with Crippen molar-refractivity contribution >= 4 is 11.8 Å². The minimum Gasteiger partial charge on any atom is -0.432 e. The number of rotatable bonds is 9. The number of allylic oxidation sites excluding steroid dienone is 2. The van der Waals surface area contributed by atoms with Crippen LogP contribution >= 0.6 is 0 Å². The van der Waals surface area contributed by atoms with E-state index >= 15 is 0 Å². The third-order valence-electron chi connectivity index (χ3n) is 19.2. The summed E-state index contributed by atoms with van der Waals surface area (Å²) in [5.41, 5.74) is -0.786. The van der Waals surface area contributed by atoms with Crippen molar-refractivity contribution in [2.75, 3.05) is 19.8 Å². The first-order valence-corrected chi connectivity index (χ1v) is 24.2. The summed E-state index contributed by atoms with van der Waals surface area (Å²) in [6.45, 7) is 13.9. The van der Waals surface area contributed by atoms with Crippen molar-refractivity contribution < 1.29 is 89.1 Å².